The van der Waals surface area contributed by atoms with Crippen molar-refractivity contribution in [2.45, 2.75) is 38.8 Å². The first kappa shape index (κ1) is 17.8. The number of aliphatic hydroxyl groups excluding tert-OH is 1. The van der Waals surface area contributed by atoms with Crippen LogP contribution in [0.5, 0.6) is 0 Å². The summed E-state index contributed by atoms with van der Waals surface area (Å²) in [6.45, 7) is 5.36. The lowest BCUT2D eigenvalue weighted by atomic mass is 9.98. The van der Waals surface area contributed by atoms with Crippen LogP contribution in [0.2, 0.25) is 0 Å². The predicted octanol–water partition coefficient (Wildman–Crippen LogP) is 2.05. The van der Waals surface area contributed by atoms with Crippen LogP contribution < -0.4 is 4.90 Å². The Balaban J connectivity index is 1.53. The van der Waals surface area contributed by atoms with Crippen LogP contribution in [0.3, 0.4) is 0 Å². The van der Waals surface area contributed by atoms with Crippen molar-refractivity contribution in [2.24, 2.45) is 5.92 Å². The van der Waals surface area contributed by atoms with Crippen molar-refractivity contribution in [3.8, 4) is 0 Å². The molecule has 1 aromatic carbocycles. The zero-order valence-electron chi connectivity index (χ0n) is 14.8. The van der Waals surface area contributed by atoms with Gasteiger partial charge in [0.15, 0.2) is 0 Å². The second-order valence-corrected chi connectivity index (χ2v) is 6.49. The second-order valence-electron chi connectivity index (χ2n) is 6.49. The van der Waals surface area contributed by atoms with E-state index in [2.05, 4.69) is 39.5 Å². The highest BCUT2D eigenvalue weighted by atomic mass is 16.5. The third kappa shape index (κ3) is 4.55. The summed E-state index contributed by atoms with van der Waals surface area (Å²) in [5.74, 6) is 1.20. The average molecular weight is 345 g/mol. The van der Waals surface area contributed by atoms with Crippen LogP contribution in [0.25, 0.3) is 0 Å². The molecule has 1 aliphatic rings. The van der Waals surface area contributed by atoms with Crippen LogP contribution in [-0.2, 0) is 11.3 Å². The molecule has 25 heavy (non-hydrogen) atoms. The number of piperidine rings is 1. The van der Waals surface area contributed by atoms with Gasteiger partial charge in [0.25, 0.3) is 0 Å². The average Bonchev–Trinajstić information content (AvgIpc) is 3.14. The van der Waals surface area contributed by atoms with E-state index in [1.54, 1.807) is 0 Å². The fraction of sp³-hybridized carbons (Fsp3) is 0.611. The highest BCUT2D eigenvalue weighted by Gasteiger charge is 2.22. The summed E-state index contributed by atoms with van der Waals surface area (Å²) in [5, 5.41) is 21.4. The molecule has 7 heteroatoms. The summed E-state index contributed by atoms with van der Waals surface area (Å²) in [4.78, 5) is 2.20. The Morgan fingerprint density at radius 2 is 2.00 bits per heavy atom. The Hall–Kier alpha value is -1.99. The molecule has 0 bridgehead atoms. The molecule has 3 rings (SSSR count). The number of benzene rings is 1. The molecule has 0 amide bonds. The van der Waals surface area contributed by atoms with Gasteiger partial charge in [0.2, 0.25) is 5.95 Å². The Labute approximate surface area is 148 Å². The van der Waals surface area contributed by atoms with E-state index in [4.69, 9.17) is 4.74 Å². The Kier molecular flexibility index (Phi) is 6.36. The molecule has 0 aliphatic carbocycles. The molecule has 136 valence electrons. The summed E-state index contributed by atoms with van der Waals surface area (Å²) in [5.41, 5.74) is 1.20. The number of aliphatic hydroxyl groups is 1. The summed E-state index contributed by atoms with van der Waals surface area (Å²) in [6.07, 6.45) is 2.99. The van der Waals surface area contributed by atoms with E-state index < -0.39 is 0 Å². The quantitative estimate of drug-likeness (QED) is 0.789. The minimum absolute atomic E-state index is 0.0985. The van der Waals surface area contributed by atoms with Crippen molar-refractivity contribution in [2.75, 3.05) is 31.2 Å². The number of tetrazole rings is 1. The molecule has 1 aliphatic heterocycles. The van der Waals surface area contributed by atoms with Crippen LogP contribution >= 0.6 is 0 Å². The lowest BCUT2D eigenvalue weighted by Gasteiger charge is -2.31. The van der Waals surface area contributed by atoms with Crippen LogP contribution in [0.1, 0.15) is 37.9 Å². The Bertz CT molecular complexity index is 625. The SMILES string of the molecule is CCC(OCCn1nnnc1N1CCC(CO)CC1)c1ccccc1. The van der Waals surface area contributed by atoms with Crippen molar-refractivity contribution >= 4 is 5.95 Å². The van der Waals surface area contributed by atoms with Crippen molar-refractivity contribution in [1.82, 2.24) is 20.2 Å². The summed E-state index contributed by atoms with van der Waals surface area (Å²) in [7, 11) is 0. The number of hydrogen-bond acceptors (Lipinski definition) is 6. The number of rotatable bonds is 8. The first-order valence-corrected chi connectivity index (χ1v) is 9.10. The molecule has 0 spiro atoms. The van der Waals surface area contributed by atoms with E-state index in [9.17, 15) is 5.11 Å². The van der Waals surface area contributed by atoms with Crippen LogP contribution in [-0.4, -0.2) is 51.6 Å². The highest BCUT2D eigenvalue weighted by molar-refractivity contribution is 5.28. The zero-order chi connectivity index (χ0) is 17.5. The smallest absolute Gasteiger partial charge is 0.245 e. The van der Waals surface area contributed by atoms with Crippen molar-refractivity contribution < 1.29 is 9.84 Å². The minimum atomic E-state index is 0.0985. The summed E-state index contributed by atoms with van der Waals surface area (Å²) < 4.78 is 7.88. The maximum atomic E-state index is 9.27. The normalized spacial score (nSPS) is 17.0. The van der Waals surface area contributed by atoms with Gasteiger partial charge in [-0.1, -0.05) is 42.4 Å². The minimum Gasteiger partial charge on any atom is -0.396 e. The molecule has 1 fully saturated rings. The Morgan fingerprint density at radius 1 is 1.24 bits per heavy atom. The van der Waals surface area contributed by atoms with E-state index in [1.165, 1.54) is 5.56 Å². The molecule has 2 aromatic rings. The van der Waals surface area contributed by atoms with Gasteiger partial charge in [-0.3, -0.25) is 0 Å². The molecule has 2 heterocycles. The molecule has 1 aromatic heterocycles. The fourth-order valence-corrected chi connectivity index (χ4v) is 3.29. The third-order valence-electron chi connectivity index (χ3n) is 4.83. The number of ether oxygens (including phenoxy) is 1. The van der Waals surface area contributed by atoms with E-state index in [0.717, 1.165) is 38.3 Å². The second kappa shape index (κ2) is 8.92. The van der Waals surface area contributed by atoms with E-state index in [-0.39, 0.29) is 12.7 Å². The molecular formula is C18H27N5O2. The van der Waals surface area contributed by atoms with Gasteiger partial charge in [-0.2, -0.15) is 0 Å². The van der Waals surface area contributed by atoms with Gasteiger partial charge in [-0.05, 0) is 41.2 Å². The number of aromatic nitrogens is 4. The van der Waals surface area contributed by atoms with Gasteiger partial charge in [0, 0.05) is 19.7 Å². The van der Waals surface area contributed by atoms with Gasteiger partial charge in [-0.15, -0.1) is 0 Å². The summed E-state index contributed by atoms with van der Waals surface area (Å²) >= 11 is 0. The monoisotopic (exact) mass is 345 g/mol. The van der Waals surface area contributed by atoms with E-state index in [0.29, 0.717) is 19.1 Å². The molecule has 1 unspecified atom stereocenters. The first-order chi connectivity index (χ1) is 12.3. The van der Waals surface area contributed by atoms with Gasteiger partial charge >= 0.3 is 0 Å². The maximum Gasteiger partial charge on any atom is 0.245 e. The van der Waals surface area contributed by atoms with Crippen LogP contribution in [0, 0.1) is 5.92 Å². The number of nitrogens with zero attached hydrogens (tertiary/aromatic N) is 5. The summed E-state index contributed by atoms with van der Waals surface area (Å²) in [6, 6.07) is 10.3. The Morgan fingerprint density at radius 3 is 2.68 bits per heavy atom. The van der Waals surface area contributed by atoms with E-state index >= 15 is 0 Å². The van der Waals surface area contributed by atoms with Crippen molar-refractivity contribution in [3.05, 3.63) is 35.9 Å². The van der Waals surface area contributed by atoms with Gasteiger partial charge < -0.3 is 14.7 Å². The standard InChI is InChI=1S/C18H27N5O2/c1-2-17(16-6-4-3-5-7-16)25-13-12-23-18(19-20-21-23)22-10-8-15(14-24)9-11-22/h3-7,15,17,24H,2,8-14H2,1H3. The van der Waals surface area contributed by atoms with Crippen molar-refractivity contribution in [3.63, 3.8) is 0 Å². The largest absolute Gasteiger partial charge is 0.396 e. The van der Waals surface area contributed by atoms with Gasteiger partial charge in [0.1, 0.15) is 0 Å². The molecule has 1 saturated heterocycles. The van der Waals surface area contributed by atoms with Crippen LogP contribution in [0.15, 0.2) is 30.3 Å². The molecule has 1 N–H and O–H groups in total. The number of anilines is 1. The number of hydrogen-bond donors (Lipinski definition) is 1. The predicted molar refractivity (Wildman–Crippen MR) is 95.3 cm³/mol. The lowest BCUT2D eigenvalue weighted by Crippen LogP contribution is -2.36. The van der Waals surface area contributed by atoms with Crippen molar-refractivity contribution in [1.29, 1.82) is 0 Å². The third-order valence-corrected chi connectivity index (χ3v) is 4.83. The zero-order valence-corrected chi connectivity index (χ0v) is 14.8. The van der Waals surface area contributed by atoms with Crippen LogP contribution in [0.4, 0.5) is 5.95 Å². The molecule has 0 radical (unpaired) electrons. The van der Waals surface area contributed by atoms with Gasteiger partial charge in [-0.25, -0.2) is 4.68 Å². The highest BCUT2D eigenvalue weighted by Crippen LogP contribution is 2.22. The molecule has 0 saturated carbocycles. The van der Waals surface area contributed by atoms with Gasteiger partial charge in [0.05, 0.1) is 19.3 Å². The maximum absolute atomic E-state index is 9.27. The first-order valence-electron chi connectivity index (χ1n) is 9.10. The molecular weight excluding hydrogens is 318 g/mol. The molecule has 1 atom stereocenters. The fourth-order valence-electron chi connectivity index (χ4n) is 3.29. The lowest BCUT2D eigenvalue weighted by molar-refractivity contribution is 0.0431. The molecule has 7 nitrogen and oxygen atoms in total. The van der Waals surface area contributed by atoms with E-state index in [1.807, 2.05) is 22.9 Å². The topological polar surface area (TPSA) is 76.3 Å².